The number of nitrogens with one attached hydrogen (secondary N) is 1. The molecule has 1 atom stereocenters. The van der Waals surface area contributed by atoms with E-state index in [0.29, 0.717) is 5.56 Å². The molecule has 0 spiro atoms. The highest BCUT2D eigenvalue weighted by molar-refractivity contribution is 6.09. The van der Waals surface area contributed by atoms with Gasteiger partial charge in [-0.3, -0.25) is 14.5 Å². The van der Waals surface area contributed by atoms with Crippen LogP contribution in [0.5, 0.6) is 0 Å². The number of carbonyl (C=O) groups is 3. The maximum absolute atomic E-state index is 13.2. The van der Waals surface area contributed by atoms with E-state index in [1.54, 1.807) is 18.9 Å². The molecule has 7 heteroatoms. The first-order chi connectivity index (χ1) is 12.8. The molecule has 1 unspecified atom stereocenters. The monoisotopic (exact) mass is 375 g/mol. The Kier molecular flexibility index (Phi) is 5.48. The second-order valence-corrected chi connectivity index (χ2v) is 7.60. The van der Waals surface area contributed by atoms with Gasteiger partial charge in [-0.2, -0.15) is 0 Å². The molecule has 1 N–H and O–H groups in total. The summed E-state index contributed by atoms with van der Waals surface area (Å²) >= 11 is 0. The fourth-order valence-corrected chi connectivity index (χ4v) is 3.91. The Hall–Kier alpha value is -2.44. The third kappa shape index (κ3) is 3.82. The van der Waals surface area contributed by atoms with Crippen LogP contribution in [0.3, 0.4) is 0 Å². The van der Waals surface area contributed by atoms with E-state index in [-0.39, 0.29) is 18.5 Å². The van der Waals surface area contributed by atoms with Crippen LogP contribution >= 0.6 is 0 Å². The quantitative estimate of drug-likeness (QED) is 0.650. The highest BCUT2D eigenvalue weighted by Crippen LogP contribution is 2.29. The summed E-state index contributed by atoms with van der Waals surface area (Å²) in [5.41, 5.74) is -0.819. The number of rotatable bonds is 4. The van der Waals surface area contributed by atoms with Gasteiger partial charge in [0, 0.05) is 13.1 Å². The van der Waals surface area contributed by atoms with E-state index in [0.717, 1.165) is 30.6 Å². The van der Waals surface area contributed by atoms with Crippen molar-refractivity contribution in [2.45, 2.75) is 57.0 Å². The number of carbonyl (C=O) groups excluding carboxylic acids is 3. The minimum atomic E-state index is -1.30. The van der Waals surface area contributed by atoms with Crippen LogP contribution in [0.2, 0.25) is 0 Å². The molecule has 0 aromatic heterocycles. The second-order valence-electron chi connectivity index (χ2n) is 7.60. The van der Waals surface area contributed by atoms with Gasteiger partial charge in [-0.1, -0.05) is 37.8 Å². The van der Waals surface area contributed by atoms with Crippen molar-refractivity contribution in [3.05, 3.63) is 35.6 Å². The number of likely N-dealkylation sites (N-methyl/N-ethyl adjacent to an activating group) is 1. The molecule has 1 aromatic carbocycles. The zero-order chi connectivity index (χ0) is 19.6. The second kappa shape index (κ2) is 7.66. The molecule has 6 nitrogen and oxygen atoms in total. The van der Waals surface area contributed by atoms with Crippen molar-refractivity contribution in [2.24, 2.45) is 0 Å². The van der Waals surface area contributed by atoms with E-state index >= 15 is 0 Å². The molecular weight excluding hydrogens is 349 g/mol. The van der Waals surface area contributed by atoms with E-state index in [2.05, 4.69) is 5.32 Å². The molecule has 0 bridgehead atoms. The number of nitrogens with zero attached hydrogens (tertiary/aromatic N) is 2. The zero-order valence-corrected chi connectivity index (χ0v) is 15.8. The number of halogens is 1. The topological polar surface area (TPSA) is 69.7 Å². The van der Waals surface area contributed by atoms with Crippen LogP contribution in [-0.2, 0) is 15.1 Å². The minimum absolute atomic E-state index is 0.157. The molecule has 2 fully saturated rings. The number of urea groups is 1. The lowest BCUT2D eigenvalue weighted by Crippen LogP contribution is -2.46. The number of hydrogen-bond donors (Lipinski definition) is 1. The lowest BCUT2D eigenvalue weighted by Gasteiger charge is -2.28. The average molecular weight is 375 g/mol. The molecule has 1 heterocycles. The summed E-state index contributed by atoms with van der Waals surface area (Å²) in [7, 11) is 1.75. The first kappa shape index (κ1) is 19.3. The molecular formula is C20H26FN3O3. The standard InChI is InChI=1S/C20H26FN3O3/c1-20(14-9-11-15(21)12-10-14)18(26)24(19(27)22-20)13-17(25)23(2)16-7-5-3-4-6-8-16/h9-12,16H,3-8,13H2,1-2H3,(H,22,27). The van der Waals surface area contributed by atoms with Gasteiger partial charge >= 0.3 is 6.03 Å². The first-order valence-corrected chi connectivity index (χ1v) is 9.49. The number of hydrogen-bond acceptors (Lipinski definition) is 3. The van der Waals surface area contributed by atoms with Gasteiger partial charge in [-0.15, -0.1) is 0 Å². The van der Waals surface area contributed by atoms with E-state index in [1.165, 1.54) is 37.1 Å². The van der Waals surface area contributed by atoms with Crippen molar-refractivity contribution in [1.82, 2.24) is 15.1 Å². The Morgan fingerprint density at radius 2 is 1.78 bits per heavy atom. The van der Waals surface area contributed by atoms with Crippen LogP contribution in [-0.4, -0.2) is 47.3 Å². The van der Waals surface area contributed by atoms with E-state index < -0.39 is 23.3 Å². The van der Waals surface area contributed by atoms with Gasteiger partial charge in [0.2, 0.25) is 5.91 Å². The van der Waals surface area contributed by atoms with Gasteiger partial charge in [0.05, 0.1) is 0 Å². The Balaban J connectivity index is 1.71. The van der Waals surface area contributed by atoms with Crippen molar-refractivity contribution in [3.8, 4) is 0 Å². The molecule has 1 saturated carbocycles. The Bertz CT molecular complexity index is 728. The molecule has 3 rings (SSSR count). The molecule has 0 radical (unpaired) electrons. The molecule has 1 aliphatic carbocycles. The summed E-state index contributed by atoms with van der Waals surface area (Å²) in [4.78, 5) is 40.6. The molecule has 1 aromatic rings. The summed E-state index contributed by atoms with van der Waals surface area (Å²) in [5, 5.41) is 2.64. The average Bonchev–Trinajstić information content (AvgIpc) is 2.85. The summed E-state index contributed by atoms with van der Waals surface area (Å²) in [5.74, 6) is -1.16. The van der Waals surface area contributed by atoms with Crippen molar-refractivity contribution in [3.63, 3.8) is 0 Å². The van der Waals surface area contributed by atoms with Gasteiger partial charge in [0.25, 0.3) is 5.91 Å². The molecule has 4 amide bonds. The Morgan fingerprint density at radius 1 is 1.19 bits per heavy atom. The fourth-order valence-electron chi connectivity index (χ4n) is 3.91. The van der Waals surface area contributed by atoms with Crippen LogP contribution in [0, 0.1) is 5.82 Å². The van der Waals surface area contributed by atoms with E-state index in [9.17, 15) is 18.8 Å². The van der Waals surface area contributed by atoms with Crippen molar-refractivity contribution >= 4 is 17.8 Å². The minimum Gasteiger partial charge on any atom is -0.341 e. The Morgan fingerprint density at radius 3 is 2.37 bits per heavy atom. The van der Waals surface area contributed by atoms with Crippen LogP contribution < -0.4 is 5.32 Å². The van der Waals surface area contributed by atoms with Gasteiger partial charge < -0.3 is 10.2 Å². The van der Waals surface area contributed by atoms with Crippen LogP contribution in [0.15, 0.2) is 24.3 Å². The molecule has 1 saturated heterocycles. The fraction of sp³-hybridized carbons (Fsp3) is 0.550. The lowest BCUT2D eigenvalue weighted by atomic mass is 9.92. The maximum Gasteiger partial charge on any atom is 0.325 e. The van der Waals surface area contributed by atoms with Gasteiger partial charge in [-0.05, 0) is 37.5 Å². The first-order valence-electron chi connectivity index (χ1n) is 9.49. The molecule has 27 heavy (non-hydrogen) atoms. The van der Waals surface area contributed by atoms with Gasteiger partial charge in [0.15, 0.2) is 0 Å². The third-order valence-electron chi connectivity index (χ3n) is 5.76. The zero-order valence-electron chi connectivity index (χ0n) is 15.8. The number of imide groups is 1. The maximum atomic E-state index is 13.2. The smallest absolute Gasteiger partial charge is 0.325 e. The summed E-state index contributed by atoms with van der Waals surface area (Å²) < 4.78 is 13.2. The lowest BCUT2D eigenvalue weighted by molar-refractivity contribution is -0.139. The van der Waals surface area contributed by atoms with Gasteiger partial charge in [0.1, 0.15) is 17.9 Å². The van der Waals surface area contributed by atoms with Crippen LogP contribution in [0.1, 0.15) is 51.0 Å². The van der Waals surface area contributed by atoms with E-state index in [4.69, 9.17) is 0 Å². The predicted octanol–water partition coefficient (Wildman–Crippen LogP) is 2.77. The molecule has 2 aliphatic rings. The van der Waals surface area contributed by atoms with Crippen molar-refractivity contribution in [1.29, 1.82) is 0 Å². The highest BCUT2D eigenvalue weighted by Gasteiger charge is 2.49. The van der Waals surface area contributed by atoms with E-state index in [1.807, 2.05) is 0 Å². The summed E-state index contributed by atoms with van der Waals surface area (Å²) in [6.07, 6.45) is 6.45. The Labute approximate surface area is 158 Å². The number of amides is 4. The summed E-state index contributed by atoms with van der Waals surface area (Å²) in [6.45, 7) is 1.29. The summed E-state index contributed by atoms with van der Waals surface area (Å²) in [6, 6.07) is 4.98. The van der Waals surface area contributed by atoms with Crippen molar-refractivity contribution in [2.75, 3.05) is 13.6 Å². The van der Waals surface area contributed by atoms with Crippen LogP contribution in [0.4, 0.5) is 9.18 Å². The third-order valence-corrected chi connectivity index (χ3v) is 5.76. The van der Waals surface area contributed by atoms with Crippen molar-refractivity contribution < 1.29 is 18.8 Å². The SMILES string of the molecule is CN(C(=O)CN1C(=O)NC(C)(c2ccc(F)cc2)C1=O)C1CCCCCC1. The van der Waals surface area contributed by atoms with Crippen LogP contribution in [0.25, 0.3) is 0 Å². The van der Waals surface area contributed by atoms with Gasteiger partial charge in [-0.25, -0.2) is 9.18 Å². The molecule has 1 aliphatic heterocycles. The molecule has 146 valence electrons. The largest absolute Gasteiger partial charge is 0.341 e. The number of benzene rings is 1. The highest BCUT2D eigenvalue weighted by atomic mass is 19.1. The predicted molar refractivity (Wildman–Crippen MR) is 98.3 cm³/mol. The normalized spacial score (nSPS) is 23.9.